The average Bonchev–Trinajstić information content (AvgIpc) is 4.12. The Bertz CT molecular complexity index is 2880. The molecule has 4 aromatic rings. The largest absolute Gasteiger partial charge is 0.408 e. The highest BCUT2D eigenvalue weighted by molar-refractivity contribution is 6.02. The Hall–Kier alpha value is -6.67. The first kappa shape index (κ1) is 55.1. The van der Waals surface area contributed by atoms with Crippen LogP contribution in [0.25, 0.3) is 0 Å². The third-order valence-corrected chi connectivity index (χ3v) is 16.1. The standard InChI is InChI=1S/C56H69F5N10O6/c1-26(2)70-44(20-21-62-70)52(74)67-48(46(31-8-9-31)32-10-11-32)54(76)64-41-19-17-36(23-39(41)58)29(6)51(73)66-42-24-37(42)43-25-45(71(69-43)27(3)4)53(75)68-49(47(33-12-13-33)34-14-15-34)55(77)65-40-18-16-35(22-38(40)57)28(5)50(72)63-30(7)56(59,60)61/h16-23,25-34,37,42,46-49H,8-15,24H2,1-7H3,(H,63,72)(H,64,76)(H,65,77)(H,66,73)(H,67,74)(H,68,75)/t28-,29-,30+,37?,42?,48-,49-/m0/s1. The lowest BCUT2D eigenvalue weighted by Crippen LogP contribution is -2.50. The van der Waals surface area contributed by atoms with E-state index in [1.165, 1.54) is 31.2 Å². The molecule has 0 aliphatic heterocycles. The second-order valence-electron chi connectivity index (χ2n) is 22.8. The molecule has 0 saturated heterocycles. The molecular formula is C56H69F5N10O6. The second kappa shape index (κ2) is 22.0. The van der Waals surface area contributed by atoms with E-state index in [0.29, 0.717) is 23.4 Å². The Morgan fingerprint density at radius 3 is 1.45 bits per heavy atom. The molecule has 7 atom stereocenters. The van der Waals surface area contributed by atoms with Gasteiger partial charge in [-0.2, -0.15) is 23.4 Å². The molecule has 0 radical (unpaired) electrons. The molecule has 414 valence electrons. The number of aromatic nitrogens is 4. The number of carbonyl (C=O) groups excluding carboxylic acids is 6. The third-order valence-electron chi connectivity index (χ3n) is 16.1. The molecule has 77 heavy (non-hydrogen) atoms. The summed E-state index contributed by atoms with van der Waals surface area (Å²) in [6.07, 6.45) is 4.71. The van der Waals surface area contributed by atoms with Gasteiger partial charge in [0.25, 0.3) is 11.8 Å². The van der Waals surface area contributed by atoms with Crippen molar-refractivity contribution in [3.05, 3.63) is 94.6 Å². The molecule has 5 saturated carbocycles. The Kier molecular flexibility index (Phi) is 15.7. The van der Waals surface area contributed by atoms with E-state index in [0.717, 1.165) is 64.4 Å². The van der Waals surface area contributed by atoms with Gasteiger partial charge in [0.15, 0.2) is 0 Å². The molecule has 5 fully saturated rings. The van der Waals surface area contributed by atoms with E-state index in [2.05, 4.69) is 31.7 Å². The number of carbonyl (C=O) groups is 6. The molecule has 2 aromatic heterocycles. The van der Waals surface area contributed by atoms with Crippen molar-refractivity contribution in [3.8, 4) is 0 Å². The smallest absolute Gasteiger partial charge is 0.352 e. The summed E-state index contributed by atoms with van der Waals surface area (Å²) in [5.41, 5.74) is 1.26. The predicted octanol–water partition coefficient (Wildman–Crippen LogP) is 8.81. The van der Waals surface area contributed by atoms with Gasteiger partial charge in [-0.1, -0.05) is 12.1 Å². The molecule has 9 rings (SSSR count). The van der Waals surface area contributed by atoms with Crippen molar-refractivity contribution in [2.24, 2.45) is 35.5 Å². The molecule has 2 heterocycles. The summed E-state index contributed by atoms with van der Waals surface area (Å²) in [4.78, 5) is 82.5. The van der Waals surface area contributed by atoms with Crippen molar-refractivity contribution >= 4 is 46.8 Å². The minimum absolute atomic E-state index is 0.0736. The second-order valence-corrected chi connectivity index (χ2v) is 22.8. The maximum Gasteiger partial charge on any atom is 0.408 e. The zero-order chi connectivity index (χ0) is 55.4. The highest BCUT2D eigenvalue weighted by Crippen LogP contribution is 2.52. The number of halogens is 5. The normalized spacial score (nSPS) is 20.3. The van der Waals surface area contributed by atoms with Gasteiger partial charge in [0, 0.05) is 30.2 Å². The van der Waals surface area contributed by atoms with Crippen LogP contribution in [0.1, 0.15) is 174 Å². The molecule has 5 aliphatic carbocycles. The van der Waals surface area contributed by atoms with Crippen LogP contribution in [-0.4, -0.2) is 85.3 Å². The SMILES string of the molecule is CC(C)n1nccc1C(=O)N[C@H](C(=O)Nc1ccc([C@H](C)C(=O)NC2CC2c2cc(C(=O)N[C@H](C(=O)Nc3ccc([C@H](C)C(=O)N[C@H](C)C(F)(F)F)cc3F)C(C3CC3)C3CC3)n(C(C)C)n2)cc1F)C(C1CC1)C1CC1. The monoisotopic (exact) mass is 1070 g/mol. The molecule has 5 aliphatic rings. The number of hydrogen-bond acceptors (Lipinski definition) is 8. The number of anilines is 2. The summed E-state index contributed by atoms with van der Waals surface area (Å²) in [7, 11) is 0. The fraction of sp³-hybridized carbons (Fsp3) is 0.571. The van der Waals surface area contributed by atoms with Crippen LogP contribution in [0.2, 0.25) is 0 Å². The van der Waals surface area contributed by atoms with Crippen LogP contribution >= 0.6 is 0 Å². The van der Waals surface area contributed by atoms with Crippen molar-refractivity contribution in [3.63, 3.8) is 0 Å². The number of rotatable bonds is 23. The van der Waals surface area contributed by atoms with E-state index in [-0.39, 0.29) is 88.1 Å². The molecule has 2 aromatic carbocycles. The highest BCUT2D eigenvalue weighted by Gasteiger charge is 2.51. The van der Waals surface area contributed by atoms with Gasteiger partial charge in [0.2, 0.25) is 23.6 Å². The molecule has 0 bridgehead atoms. The summed E-state index contributed by atoms with van der Waals surface area (Å²) in [6, 6.07) is 6.33. The van der Waals surface area contributed by atoms with Crippen LogP contribution in [0.4, 0.5) is 33.3 Å². The number of nitrogens with zero attached hydrogens (tertiary/aromatic N) is 4. The van der Waals surface area contributed by atoms with E-state index in [1.54, 1.807) is 40.7 Å². The molecule has 2 unspecified atom stereocenters. The first-order chi connectivity index (χ1) is 36.5. The quantitative estimate of drug-likeness (QED) is 0.0395. The molecular weight excluding hydrogens is 1000 g/mol. The fourth-order valence-electron chi connectivity index (χ4n) is 10.9. The van der Waals surface area contributed by atoms with Gasteiger partial charge >= 0.3 is 6.18 Å². The molecule has 6 N–H and O–H groups in total. The summed E-state index contributed by atoms with van der Waals surface area (Å²) < 4.78 is 74.0. The highest BCUT2D eigenvalue weighted by atomic mass is 19.4. The van der Waals surface area contributed by atoms with E-state index >= 15 is 8.78 Å². The van der Waals surface area contributed by atoms with Crippen LogP contribution < -0.4 is 31.9 Å². The van der Waals surface area contributed by atoms with Crippen molar-refractivity contribution in [1.82, 2.24) is 40.8 Å². The first-order valence-electron chi connectivity index (χ1n) is 27.1. The lowest BCUT2D eigenvalue weighted by atomic mass is 9.88. The topological polar surface area (TPSA) is 210 Å². The van der Waals surface area contributed by atoms with Crippen LogP contribution in [0.15, 0.2) is 54.7 Å². The number of amides is 6. The van der Waals surface area contributed by atoms with E-state index in [9.17, 15) is 41.9 Å². The maximum absolute atomic E-state index is 15.9. The fourth-order valence-corrected chi connectivity index (χ4v) is 10.9. The Labute approximate surface area is 444 Å². The van der Waals surface area contributed by atoms with Crippen molar-refractivity contribution < 1.29 is 50.7 Å². The van der Waals surface area contributed by atoms with Gasteiger partial charge in [-0.3, -0.25) is 38.1 Å². The Morgan fingerprint density at radius 1 is 0.571 bits per heavy atom. The Balaban J connectivity index is 0.834. The van der Waals surface area contributed by atoms with E-state index < -0.39 is 77.3 Å². The van der Waals surface area contributed by atoms with E-state index in [4.69, 9.17) is 5.10 Å². The number of alkyl halides is 3. The third kappa shape index (κ3) is 12.7. The van der Waals surface area contributed by atoms with Crippen molar-refractivity contribution in [1.29, 1.82) is 0 Å². The summed E-state index contributed by atoms with van der Waals surface area (Å²) in [6.45, 7) is 11.3. The predicted molar refractivity (Wildman–Crippen MR) is 275 cm³/mol. The minimum atomic E-state index is -4.66. The number of hydrogen-bond donors (Lipinski definition) is 6. The summed E-state index contributed by atoms with van der Waals surface area (Å²) in [5, 5.41) is 25.3. The molecule has 6 amide bonds. The van der Waals surface area contributed by atoms with Crippen molar-refractivity contribution in [2.75, 3.05) is 10.6 Å². The number of nitrogens with one attached hydrogen (secondary N) is 6. The lowest BCUT2D eigenvalue weighted by molar-refractivity contribution is -0.158. The zero-order valence-corrected chi connectivity index (χ0v) is 44.3. The first-order valence-corrected chi connectivity index (χ1v) is 27.1. The average molecular weight is 1070 g/mol. The van der Waals surface area contributed by atoms with Gasteiger partial charge in [-0.25, -0.2) is 8.78 Å². The van der Waals surface area contributed by atoms with Crippen LogP contribution in [0, 0.1) is 47.1 Å². The Morgan fingerprint density at radius 2 is 1.03 bits per heavy atom. The van der Waals surface area contributed by atoms with Crippen LogP contribution in [0.5, 0.6) is 0 Å². The lowest BCUT2D eigenvalue weighted by Gasteiger charge is -2.28. The van der Waals surface area contributed by atoms with Gasteiger partial charge in [-0.05, 0) is 189 Å². The molecule has 0 spiro atoms. The van der Waals surface area contributed by atoms with E-state index in [1.807, 2.05) is 33.0 Å². The van der Waals surface area contributed by atoms with Gasteiger partial charge in [-0.15, -0.1) is 0 Å². The maximum atomic E-state index is 15.9. The minimum Gasteiger partial charge on any atom is -0.352 e. The summed E-state index contributed by atoms with van der Waals surface area (Å²) >= 11 is 0. The van der Waals surface area contributed by atoms with Gasteiger partial charge in [0.05, 0.1) is 28.9 Å². The molecule has 16 nitrogen and oxygen atoms in total. The van der Waals surface area contributed by atoms with Crippen LogP contribution in [0.3, 0.4) is 0 Å². The van der Waals surface area contributed by atoms with Crippen molar-refractivity contribution in [2.45, 2.75) is 166 Å². The summed E-state index contributed by atoms with van der Waals surface area (Å²) in [5.74, 6) is -6.65. The zero-order valence-electron chi connectivity index (χ0n) is 44.3. The molecule has 21 heteroatoms. The van der Waals surface area contributed by atoms with Crippen LogP contribution in [-0.2, 0) is 19.2 Å². The van der Waals surface area contributed by atoms with Gasteiger partial charge in [0.1, 0.15) is 41.1 Å². The number of benzene rings is 2. The van der Waals surface area contributed by atoms with Gasteiger partial charge < -0.3 is 31.9 Å².